The molecule has 2 aromatic carbocycles. The van der Waals surface area contributed by atoms with Crippen LogP contribution >= 0.6 is 0 Å². The van der Waals surface area contributed by atoms with Crippen LogP contribution in [0.4, 0.5) is 0 Å². The second-order valence-electron chi connectivity index (χ2n) is 8.07. The van der Waals surface area contributed by atoms with Crippen LogP contribution in [0.5, 0.6) is 0 Å². The van der Waals surface area contributed by atoms with Crippen LogP contribution < -0.4 is 5.32 Å². The van der Waals surface area contributed by atoms with Crippen LogP contribution in [0.2, 0.25) is 0 Å². The van der Waals surface area contributed by atoms with Gasteiger partial charge < -0.3 is 10.1 Å². The van der Waals surface area contributed by atoms with Gasteiger partial charge in [0.2, 0.25) is 0 Å². The summed E-state index contributed by atoms with van der Waals surface area (Å²) in [6, 6.07) is 11.7. The smallest absolute Gasteiger partial charge is 0.353 e. The number of ether oxygens (including phenoxy) is 1. The minimum Gasteiger partial charge on any atom is -0.464 e. The van der Waals surface area contributed by atoms with Gasteiger partial charge in [0, 0.05) is 23.2 Å². The monoisotopic (exact) mass is 444 g/mol. The first-order valence-electron chi connectivity index (χ1n) is 10.4. The highest BCUT2D eigenvalue weighted by Gasteiger charge is 2.33. The number of carbonyl (C=O) groups excluding carboxylic acids is 3. The Morgan fingerprint density at radius 1 is 1.15 bits per heavy atom. The molecule has 0 atom stereocenters. The number of nitrogens with zero attached hydrogens (tertiary/aromatic N) is 3. The highest BCUT2D eigenvalue weighted by atomic mass is 16.5. The topological polar surface area (TPSA) is 93.5 Å². The van der Waals surface area contributed by atoms with Gasteiger partial charge in [-0.3, -0.25) is 19.2 Å². The molecule has 33 heavy (non-hydrogen) atoms. The van der Waals surface area contributed by atoms with Crippen LogP contribution in [-0.2, 0) is 20.9 Å². The molecule has 0 unspecified atom stereocenters. The molecule has 0 spiro atoms. The molecule has 4 rings (SSSR count). The van der Waals surface area contributed by atoms with Gasteiger partial charge in [0.05, 0.1) is 19.2 Å². The largest absolute Gasteiger partial charge is 0.464 e. The number of hydrogen-bond donors (Lipinski definition) is 1. The summed E-state index contributed by atoms with van der Waals surface area (Å²) in [4.78, 5) is 38.4. The fourth-order valence-electron chi connectivity index (χ4n) is 3.80. The minimum absolute atomic E-state index is 0.0825. The molecule has 2 amide bonds. The first kappa shape index (κ1) is 22.0. The van der Waals surface area contributed by atoms with E-state index in [0.29, 0.717) is 5.56 Å². The summed E-state index contributed by atoms with van der Waals surface area (Å²) in [7, 11) is 1.18. The minimum atomic E-state index is -0.773. The molecular weight excluding hydrogens is 420 g/mol. The molecule has 1 N–H and O–H groups in total. The summed E-state index contributed by atoms with van der Waals surface area (Å²) in [5.74, 6) is -1.80. The Morgan fingerprint density at radius 3 is 2.58 bits per heavy atom. The van der Waals surface area contributed by atoms with Crippen LogP contribution in [0.25, 0.3) is 22.0 Å². The van der Waals surface area contributed by atoms with Gasteiger partial charge in [0.15, 0.2) is 0 Å². The lowest BCUT2D eigenvalue weighted by atomic mass is 9.96. The fraction of sp³-hybridized carbons (Fsp3) is 0.200. The SMILES string of the molecule is C=C(NC(=O)C(=C)N1Cc2c(cccc2-c2ccc3nn(C(C)C)cc3c2)C1=O)C(=O)OC. The van der Waals surface area contributed by atoms with Crippen molar-refractivity contribution in [2.75, 3.05) is 7.11 Å². The van der Waals surface area contributed by atoms with E-state index in [1.807, 2.05) is 41.2 Å². The summed E-state index contributed by atoms with van der Waals surface area (Å²) in [6.07, 6.45) is 2.00. The number of fused-ring (bicyclic) bond motifs is 2. The van der Waals surface area contributed by atoms with Crippen molar-refractivity contribution in [2.45, 2.75) is 26.4 Å². The lowest BCUT2D eigenvalue weighted by Gasteiger charge is -2.18. The van der Waals surface area contributed by atoms with E-state index in [9.17, 15) is 14.4 Å². The van der Waals surface area contributed by atoms with Crippen molar-refractivity contribution >= 4 is 28.7 Å². The molecule has 0 saturated heterocycles. The third-order valence-electron chi connectivity index (χ3n) is 5.61. The number of esters is 1. The number of rotatable bonds is 6. The van der Waals surface area contributed by atoms with E-state index in [-0.39, 0.29) is 29.9 Å². The van der Waals surface area contributed by atoms with Crippen molar-refractivity contribution in [3.8, 4) is 11.1 Å². The van der Waals surface area contributed by atoms with E-state index in [0.717, 1.165) is 27.6 Å². The summed E-state index contributed by atoms with van der Waals surface area (Å²) in [5.41, 5.74) is 3.74. The highest BCUT2D eigenvalue weighted by molar-refractivity contribution is 6.08. The van der Waals surface area contributed by atoms with Crippen molar-refractivity contribution in [3.63, 3.8) is 0 Å². The summed E-state index contributed by atoms with van der Waals surface area (Å²) in [6.45, 7) is 11.6. The van der Waals surface area contributed by atoms with Gasteiger partial charge in [0.1, 0.15) is 11.4 Å². The van der Waals surface area contributed by atoms with E-state index in [2.05, 4.69) is 42.2 Å². The summed E-state index contributed by atoms with van der Waals surface area (Å²) in [5, 5.41) is 7.91. The first-order valence-corrected chi connectivity index (χ1v) is 10.4. The van der Waals surface area contributed by atoms with Gasteiger partial charge >= 0.3 is 5.97 Å². The van der Waals surface area contributed by atoms with E-state index >= 15 is 0 Å². The molecule has 1 aliphatic rings. The number of hydrogen-bond acceptors (Lipinski definition) is 5. The van der Waals surface area contributed by atoms with Crippen molar-refractivity contribution in [1.82, 2.24) is 20.0 Å². The lowest BCUT2D eigenvalue weighted by Crippen LogP contribution is -2.36. The number of aromatic nitrogens is 2. The van der Waals surface area contributed by atoms with Crippen LogP contribution in [0.1, 0.15) is 35.8 Å². The van der Waals surface area contributed by atoms with E-state index in [4.69, 9.17) is 0 Å². The number of nitrogens with one attached hydrogen (secondary N) is 1. The van der Waals surface area contributed by atoms with Gasteiger partial charge in [0.25, 0.3) is 11.8 Å². The van der Waals surface area contributed by atoms with E-state index < -0.39 is 11.9 Å². The van der Waals surface area contributed by atoms with Gasteiger partial charge in [-0.15, -0.1) is 0 Å². The van der Waals surface area contributed by atoms with Crippen LogP contribution in [0, 0.1) is 0 Å². The number of carbonyl (C=O) groups is 3. The highest BCUT2D eigenvalue weighted by Crippen LogP contribution is 2.35. The maximum absolute atomic E-state index is 13.1. The average Bonchev–Trinajstić information content (AvgIpc) is 3.38. The first-order chi connectivity index (χ1) is 15.7. The predicted molar refractivity (Wildman–Crippen MR) is 124 cm³/mol. The predicted octanol–water partition coefficient (Wildman–Crippen LogP) is 3.56. The third kappa shape index (κ3) is 3.91. The number of methoxy groups -OCH3 is 1. The van der Waals surface area contributed by atoms with Crippen molar-refractivity contribution in [1.29, 1.82) is 0 Å². The van der Waals surface area contributed by atoms with Gasteiger partial charge in [-0.2, -0.15) is 5.10 Å². The van der Waals surface area contributed by atoms with Crippen molar-refractivity contribution in [2.24, 2.45) is 0 Å². The lowest BCUT2D eigenvalue weighted by molar-refractivity contribution is -0.137. The molecule has 0 aliphatic carbocycles. The molecule has 2 heterocycles. The molecular formula is C25H24N4O4. The molecule has 3 aromatic rings. The molecule has 0 radical (unpaired) electrons. The number of benzene rings is 2. The zero-order chi connectivity index (χ0) is 23.9. The van der Waals surface area contributed by atoms with Gasteiger partial charge in [-0.1, -0.05) is 31.4 Å². The van der Waals surface area contributed by atoms with Gasteiger partial charge in [-0.05, 0) is 48.7 Å². The zero-order valence-corrected chi connectivity index (χ0v) is 18.7. The molecule has 8 nitrogen and oxygen atoms in total. The van der Waals surface area contributed by atoms with Gasteiger partial charge in [-0.25, -0.2) is 4.79 Å². The van der Waals surface area contributed by atoms with Crippen molar-refractivity contribution < 1.29 is 19.1 Å². The standard InChI is InChI=1S/C25H24N4O4/c1-14(2)29-12-18-11-17(9-10-22(18)27-29)19-7-6-8-20-21(19)13-28(24(20)31)16(4)23(30)26-15(3)25(32)33-5/h6-12,14H,3-4,13H2,1-2,5H3,(H,26,30). The molecule has 0 bridgehead atoms. The molecule has 0 fully saturated rings. The third-order valence-corrected chi connectivity index (χ3v) is 5.61. The van der Waals surface area contributed by atoms with Crippen molar-refractivity contribution in [3.05, 3.63) is 78.3 Å². The quantitative estimate of drug-likeness (QED) is 0.464. The van der Waals surface area contributed by atoms with E-state index in [1.54, 1.807) is 6.07 Å². The normalized spacial score (nSPS) is 12.7. The molecule has 0 saturated carbocycles. The van der Waals surface area contributed by atoms with Crippen LogP contribution in [0.15, 0.2) is 67.1 Å². The maximum atomic E-state index is 13.1. The Kier molecular flexibility index (Phi) is 5.59. The Hall–Kier alpha value is -4.20. The van der Waals surface area contributed by atoms with Crippen LogP contribution in [0.3, 0.4) is 0 Å². The Bertz CT molecular complexity index is 1340. The molecule has 8 heteroatoms. The van der Waals surface area contributed by atoms with Crippen LogP contribution in [-0.4, -0.2) is 39.6 Å². The average molecular weight is 444 g/mol. The second-order valence-corrected chi connectivity index (χ2v) is 8.07. The molecule has 1 aliphatic heterocycles. The van der Waals surface area contributed by atoms with E-state index in [1.165, 1.54) is 12.0 Å². The Morgan fingerprint density at radius 2 is 1.88 bits per heavy atom. The molecule has 1 aromatic heterocycles. The Labute approximate surface area is 191 Å². The Balaban J connectivity index is 1.63. The second kappa shape index (κ2) is 8.38. The number of amides is 2. The maximum Gasteiger partial charge on any atom is 0.353 e. The fourth-order valence-corrected chi connectivity index (χ4v) is 3.80. The zero-order valence-electron chi connectivity index (χ0n) is 18.7. The summed E-state index contributed by atoms with van der Waals surface area (Å²) >= 11 is 0. The molecule has 168 valence electrons. The summed E-state index contributed by atoms with van der Waals surface area (Å²) < 4.78 is 6.45.